The Hall–Kier alpha value is -1.43. The first-order valence-electron chi connectivity index (χ1n) is 6.16. The Kier molecular flexibility index (Phi) is 4.08. The van der Waals surface area contributed by atoms with Crippen molar-refractivity contribution in [2.75, 3.05) is 13.1 Å². The van der Waals surface area contributed by atoms with Gasteiger partial charge in [-0.05, 0) is 19.8 Å². The van der Waals surface area contributed by atoms with Crippen molar-refractivity contribution in [2.24, 2.45) is 5.92 Å². The Morgan fingerprint density at radius 2 is 2.35 bits per heavy atom. The Bertz CT molecular complexity index is 372. The maximum Gasteiger partial charge on any atom is 0.223 e. The Morgan fingerprint density at radius 1 is 1.53 bits per heavy atom. The number of hydrogen-bond donors (Lipinski definition) is 2. The Morgan fingerprint density at radius 3 is 3.06 bits per heavy atom. The smallest absolute Gasteiger partial charge is 0.223 e. The lowest BCUT2D eigenvalue weighted by Gasteiger charge is -2.06. The highest BCUT2D eigenvalue weighted by Gasteiger charge is 2.28. The molecule has 6 heteroatoms. The van der Waals surface area contributed by atoms with Crippen LogP contribution in [0.2, 0.25) is 0 Å². The fraction of sp³-hybridized carbons (Fsp3) is 0.727. The molecule has 0 radical (unpaired) electrons. The third-order valence-corrected chi connectivity index (χ3v) is 2.83. The van der Waals surface area contributed by atoms with Gasteiger partial charge >= 0.3 is 0 Å². The highest BCUT2D eigenvalue weighted by Crippen LogP contribution is 2.28. The van der Waals surface area contributed by atoms with E-state index in [1.54, 1.807) is 6.33 Å². The number of hydrogen-bond acceptors (Lipinski definition) is 4. The first kappa shape index (κ1) is 12.0. The summed E-state index contributed by atoms with van der Waals surface area (Å²) in [6, 6.07) is 0. The molecule has 0 atom stereocenters. The van der Waals surface area contributed by atoms with Crippen LogP contribution in [0.25, 0.3) is 0 Å². The molecule has 0 spiro atoms. The quantitative estimate of drug-likeness (QED) is 0.650. The predicted octanol–water partition coefficient (Wildman–Crippen LogP) is -0.0862. The van der Waals surface area contributed by atoms with Gasteiger partial charge < -0.3 is 10.6 Å². The molecule has 6 nitrogen and oxygen atoms in total. The molecular formula is C11H19N5O. The zero-order chi connectivity index (χ0) is 12.1. The van der Waals surface area contributed by atoms with Crippen LogP contribution in [0.1, 0.15) is 25.6 Å². The lowest BCUT2D eigenvalue weighted by atomic mass is 10.4. The first-order valence-corrected chi connectivity index (χ1v) is 6.16. The minimum absolute atomic E-state index is 0.198. The maximum absolute atomic E-state index is 11.3. The van der Waals surface area contributed by atoms with Gasteiger partial charge in [0.1, 0.15) is 12.2 Å². The number of aryl methyl sites for hydroxylation is 1. The number of carbonyl (C=O) groups is 1. The van der Waals surface area contributed by atoms with Gasteiger partial charge in [-0.15, -0.1) is 0 Å². The lowest BCUT2D eigenvalue weighted by Crippen LogP contribution is -2.32. The van der Waals surface area contributed by atoms with E-state index in [0.29, 0.717) is 13.1 Å². The van der Waals surface area contributed by atoms with Crippen molar-refractivity contribution in [3.8, 4) is 0 Å². The van der Waals surface area contributed by atoms with Crippen LogP contribution in [0.5, 0.6) is 0 Å². The van der Waals surface area contributed by atoms with E-state index in [1.165, 1.54) is 0 Å². The summed E-state index contributed by atoms with van der Waals surface area (Å²) in [5.41, 5.74) is 0. The average Bonchev–Trinajstić information content (AvgIpc) is 3.09. The molecule has 0 aromatic carbocycles. The predicted molar refractivity (Wildman–Crippen MR) is 63.1 cm³/mol. The van der Waals surface area contributed by atoms with Gasteiger partial charge in [-0.2, -0.15) is 5.10 Å². The van der Waals surface area contributed by atoms with Gasteiger partial charge in [0, 0.05) is 25.6 Å². The molecule has 2 N–H and O–H groups in total. The minimum Gasteiger partial charge on any atom is -0.355 e. The Balaban J connectivity index is 1.58. The van der Waals surface area contributed by atoms with Crippen LogP contribution in [-0.4, -0.2) is 33.8 Å². The van der Waals surface area contributed by atoms with E-state index in [0.717, 1.165) is 31.8 Å². The average molecular weight is 237 g/mol. The molecular weight excluding hydrogens is 218 g/mol. The highest BCUT2D eigenvalue weighted by atomic mass is 16.2. The molecule has 1 aromatic rings. The molecule has 1 aromatic heterocycles. The summed E-state index contributed by atoms with van der Waals surface area (Å²) in [5, 5.41) is 10.2. The van der Waals surface area contributed by atoms with Crippen molar-refractivity contribution in [2.45, 2.75) is 32.9 Å². The zero-order valence-corrected chi connectivity index (χ0v) is 10.1. The van der Waals surface area contributed by atoms with Crippen LogP contribution in [0.4, 0.5) is 0 Å². The van der Waals surface area contributed by atoms with E-state index >= 15 is 0 Å². The molecule has 1 aliphatic carbocycles. The largest absolute Gasteiger partial charge is 0.355 e. The molecule has 1 aliphatic rings. The van der Waals surface area contributed by atoms with E-state index in [-0.39, 0.29) is 11.8 Å². The summed E-state index contributed by atoms with van der Waals surface area (Å²) in [6.07, 6.45) is 3.67. The molecule has 1 amide bonds. The van der Waals surface area contributed by atoms with Crippen LogP contribution >= 0.6 is 0 Å². The second kappa shape index (κ2) is 5.77. The summed E-state index contributed by atoms with van der Waals surface area (Å²) in [4.78, 5) is 15.5. The van der Waals surface area contributed by atoms with Gasteiger partial charge in [-0.3, -0.25) is 4.79 Å². The Labute approximate surface area is 101 Å². The second-order valence-corrected chi connectivity index (χ2v) is 4.23. The van der Waals surface area contributed by atoms with Crippen molar-refractivity contribution in [1.82, 2.24) is 25.4 Å². The third kappa shape index (κ3) is 3.52. The van der Waals surface area contributed by atoms with Crippen LogP contribution in [0, 0.1) is 5.92 Å². The number of nitrogens with zero attached hydrogens (tertiary/aromatic N) is 3. The number of aromatic nitrogens is 3. The number of amides is 1. The molecule has 1 saturated carbocycles. The van der Waals surface area contributed by atoms with Gasteiger partial charge in [-0.25, -0.2) is 9.67 Å². The molecule has 1 fully saturated rings. The van der Waals surface area contributed by atoms with E-state index in [9.17, 15) is 4.79 Å². The van der Waals surface area contributed by atoms with Gasteiger partial charge in [0.2, 0.25) is 5.91 Å². The van der Waals surface area contributed by atoms with Crippen molar-refractivity contribution in [1.29, 1.82) is 0 Å². The van der Waals surface area contributed by atoms with E-state index in [1.807, 2.05) is 11.6 Å². The van der Waals surface area contributed by atoms with Crippen LogP contribution < -0.4 is 10.6 Å². The molecule has 0 aliphatic heterocycles. The SMILES string of the molecule is CCn1ncnc1CNCCNC(=O)C1CC1. The summed E-state index contributed by atoms with van der Waals surface area (Å²) in [5.74, 6) is 1.42. The minimum atomic E-state index is 0.198. The molecule has 0 saturated heterocycles. The van der Waals surface area contributed by atoms with Gasteiger partial charge in [0.25, 0.3) is 0 Å². The molecule has 0 unspecified atom stereocenters. The third-order valence-electron chi connectivity index (χ3n) is 2.83. The van der Waals surface area contributed by atoms with Crippen LogP contribution in [0.15, 0.2) is 6.33 Å². The fourth-order valence-corrected chi connectivity index (χ4v) is 1.65. The van der Waals surface area contributed by atoms with Crippen LogP contribution in [0.3, 0.4) is 0 Å². The van der Waals surface area contributed by atoms with Crippen molar-refractivity contribution < 1.29 is 4.79 Å². The van der Waals surface area contributed by atoms with E-state index < -0.39 is 0 Å². The summed E-state index contributed by atoms with van der Waals surface area (Å²) in [7, 11) is 0. The standard InChI is InChI=1S/C11H19N5O/c1-2-16-10(14-8-15-16)7-12-5-6-13-11(17)9-3-4-9/h8-9,12H,2-7H2,1H3,(H,13,17). The van der Waals surface area contributed by atoms with E-state index in [2.05, 4.69) is 20.7 Å². The molecule has 2 rings (SSSR count). The number of carbonyl (C=O) groups excluding carboxylic acids is 1. The summed E-state index contributed by atoms with van der Waals surface area (Å²) < 4.78 is 1.86. The van der Waals surface area contributed by atoms with Crippen molar-refractivity contribution in [3.63, 3.8) is 0 Å². The van der Waals surface area contributed by atoms with Crippen molar-refractivity contribution >= 4 is 5.91 Å². The normalized spacial score (nSPS) is 14.9. The monoisotopic (exact) mass is 237 g/mol. The molecule has 0 bridgehead atoms. The maximum atomic E-state index is 11.3. The molecule has 94 valence electrons. The number of rotatable bonds is 7. The topological polar surface area (TPSA) is 71.8 Å². The summed E-state index contributed by atoms with van der Waals surface area (Å²) >= 11 is 0. The van der Waals surface area contributed by atoms with Gasteiger partial charge in [0.15, 0.2) is 0 Å². The zero-order valence-electron chi connectivity index (χ0n) is 10.1. The fourth-order valence-electron chi connectivity index (χ4n) is 1.65. The summed E-state index contributed by atoms with van der Waals surface area (Å²) in [6.45, 7) is 4.99. The van der Waals surface area contributed by atoms with Crippen LogP contribution in [-0.2, 0) is 17.9 Å². The molecule has 1 heterocycles. The van der Waals surface area contributed by atoms with Crippen molar-refractivity contribution in [3.05, 3.63) is 12.2 Å². The van der Waals surface area contributed by atoms with Gasteiger partial charge in [-0.1, -0.05) is 0 Å². The second-order valence-electron chi connectivity index (χ2n) is 4.23. The van der Waals surface area contributed by atoms with E-state index in [4.69, 9.17) is 0 Å². The number of nitrogens with one attached hydrogen (secondary N) is 2. The highest BCUT2D eigenvalue weighted by molar-refractivity contribution is 5.80. The van der Waals surface area contributed by atoms with Gasteiger partial charge in [0.05, 0.1) is 6.54 Å². The lowest BCUT2D eigenvalue weighted by molar-refractivity contribution is -0.122. The first-order chi connectivity index (χ1) is 8.31. The molecule has 17 heavy (non-hydrogen) atoms.